The van der Waals surface area contributed by atoms with E-state index in [1.807, 2.05) is 42.6 Å². The number of rotatable bonds is 4. The van der Waals surface area contributed by atoms with Crippen LogP contribution in [0.2, 0.25) is 0 Å². The molecule has 23 heavy (non-hydrogen) atoms. The average molecular weight is 306 g/mol. The smallest absolute Gasteiger partial charge is 0.227 e. The first-order valence-electron chi connectivity index (χ1n) is 7.75. The predicted molar refractivity (Wildman–Crippen MR) is 91.3 cm³/mol. The van der Waals surface area contributed by atoms with Gasteiger partial charge in [0.1, 0.15) is 17.4 Å². The standard InChI is InChI=1S/C18H18N4O/c1-12-7-13-9-20-18(21-14-5-3-2-4-6-14)22-17(13)16(8-12)23-15-10-19-11-15/h2-9,15,19H,10-11H2,1H3,(H,20,21,22). The molecule has 5 heteroatoms. The van der Waals surface area contributed by atoms with Gasteiger partial charge in [0.05, 0.1) is 0 Å². The molecule has 0 unspecified atom stereocenters. The second-order valence-corrected chi connectivity index (χ2v) is 5.78. The van der Waals surface area contributed by atoms with Crippen molar-refractivity contribution in [2.24, 2.45) is 0 Å². The highest BCUT2D eigenvalue weighted by Crippen LogP contribution is 2.28. The van der Waals surface area contributed by atoms with Crippen molar-refractivity contribution < 1.29 is 4.74 Å². The van der Waals surface area contributed by atoms with Crippen molar-refractivity contribution in [1.29, 1.82) is 0 Å². The lowest BCUT2D eigenvalue weighted by molar-refractivity contribution is 0.144. The quantitative estimate of drug-likeness (QED) is 0.776. The Labute approximate surface area is 134 Å². The van der Waals surface area contributed by atoms with E-state index < -0.39 is 0 Å². The molecule has 1 aromatic heterocycles. The Morgan fingerprint density at radius 3 is 2.74 bits per heavy atom. The maximum Gasteiger partial charge on any atom is 0.227 e. The van der Waals surface area contributed by atoms with Crippen LogP contribution in [0.4, 0.5) is 11.6 Å². The molecule has 1 fully saturated rings. The number of ether oxygens (including phenoxy) is 1. The molecule has 0 aliphatic carbocycles. The minimum atomic E-state index is 0.223. The van der Waals surface area contributed by atoms with Crippen molar-refractivity contribution in [3.63, 3.8) is 0 Å². The number of aryl methyl sites for hydroxylation is 1. The summed E-state index contributed by atoms with van der Waals surface area (Å²) in [4.78, 5) is 9.06. The van der Waals surface area contributed by atoms with Crippen molar-refractivity contribution in [2.75, 3.05) is 18.4 Å². The first-order chi connectivity index (χ1) is 11.3. The molecule has 2 heterocycles. The molecule has 0 atom stereocenters. The zero-order valence-corrected chi connectivity index (χ0v) is 12.9. The Balaban J connectivity index is 1.70. The summed E-state index contributed by atoms with van der Waals surface area (Å²) in [6.45, 7) is 3.83. The number of aromatic nitrogens is 2. The van der Waals surface area contributed by atoms with Crippen LogP contribution in [0.15, 0.2) is 48.7 Å². The van der Waals surface area contributed by atoms with Crippen LogP contribution >= 0.6 is 0 Å². The number of para-hydroxylation sites is 1. The lowest BCUT2D eigenvalue weighted by Crippen LogP contribution is -2.50. The van der Waals surface area contributed by atoms with Gasteiger partial charge in [0, 0.05) is 30.4 Å². The number of anilines is 2. The van der Waals surface area contributed by atoms with Crippen LogP contribution in [-0.2, 0) is 0 Å². The van der Waals surface area contributed by atoms with Crippen LogP contribution in [0.25, 0.3) is 10.9 Å². The molecule has 0 spiro atoms. The fraction of sp³-hybridized carbons (Fsp3) is 0.222. The molecule has 1 aliphatic heterocycles. The van der Waals surface area contributed by atoms with Gasteiger partial charge in [-0.15, -0.1) is 0 Å². The fourth-order valence-electron chi connectivity index (χ4n) is 2.58. The van der Waals surface area contributed by atoms with Crippen LogP contribution in [0, 0.1) is 6.92 Å². The van der Waals surface area contributed by atoms with E-state index in [0.29, 0.717) is 5.95 Å². The van der Waals surface area contributed by atoms with Gasteiger partial charge in [-0.1, -0.05) is 18.2 Å². The average Bonchev–Trinajstić information content (AvgIpc) is 2.52. The highest BCUT2D eigenvalue weighted by atomic mass is 16.5. The summed E-state index contributed by atoms with van der Waals surface area (Å²) in [5.74, 6) is 1.40. The number of hydrogen-bond acceptors (Lipinski definition) is 5. The third-order valence-electron chi connectivity index (χ3n) is 3.86. The van der Waals surface area contributed by atoms with Crippen LogP contribution in [-0.4, -0.2) is 29.2 Å². The summed E-state index contributed by atoms with van der Waals surface area (Å²) in [5.41, 5.74) is 2.95. The summed E-state index contributed by atoms with van der Waals surface area (Å²) >= 11 is 0. The molecular weight excluding hydrogens is 288 g/mol. The Kier molecular flexibility index (Phi) is 3.55. The lowest BCUT2D eigenvalue weighted by Gasteiger charge is -2.28. The van der Waals surface area contributed by atoms with E-state index in [0.717, 1.165) is 41.0 Å². The molecule has 0 saturated carbocycles. The van der Waals surface area contributed by atoms with Crippen LogP contribution in [0.5, 0.6) is 5.75 Å². The van der Waals surface area contributed by atoms with Gasteiger partial charge in [0.15, 0.2) is 0 Å². The molecule has 0 amide bonds. The van der Waals surface area contributed by atoms with Gasteiger partial charge < -0.3 is 15.4 Å². The van der Waals surface area contributed by atoms with Crippen LogP contribution in [0.3, 0.4) is 0 Å². The topological polar surface area (TPSA) is 59.1 Å². The van der Waals surface area contributed by atoms with Crippen molar-refractivity contribution in [3.8, 4) is 5.75 Å². The summed E-state index contributed by atoms with van der Waals surface area (Å²) in [6.07, 6.45) is 2.06. The minimum Gasteiger partial charge on any atom is -0.485 e. The fourth-order valence-corrected chi connectivity index (χ4v) is 2.58. The first-order valence-corrected chi connectivity index (χ1v) is 7.75. The van der Waals surface area contributed by atoms with Gasteiger partial charge in [-0.3, -0.25) is 0 Å². The minimum absolute atomic E-state index is 0.223. The molecule has 1 aliphatic rings. The zero-order chi connectivity index (χ0) is 15.6. The lowest BCUT2D eigenvalue weighted by atomic mass is 10.1. The van der Waals surface area contributed by atoms with E-state index >= 15 is 0 Å². The molecule has 4 rings (SSSR count). The summed E-state index contributed by atoms with van der Waals surface area (Å²) < 4.78 is 6.07. The van der Waals surface area contributed by atoms with Gasteiger partial charge in [-0.25, -0.2) is 9.97 Å². The molecule has 0 radical (unpaired) electrons. The highest BCUT2D eigenvalue weighted by Gasteiger charge is 2.20. The van der Waals surface area contributed by atoms with Gasteiger partial charge in [-0.05, 0) is 36.8 Å². The summed E-state index contributed by atoms with van der Waals surface area (Å²) in [5, 5.41) is 7.44. The van der Waals surface area contributed by atoms with E-state index in [1.165, 1.54) is 0 Å². The number of nitrogens with zero attached hydrogens (tertiary/aromatic N) is 2. The van der Waals surface area contributed by atoms with E-state index in [9.17, 15) is 0 Å². The summed E-state index contributed by atoms with van der Waals surface area (Å²) in [7, 11) is 0. The SMILES string of the molecule is Cc1cc(OC2CNC2)c2nc(Nc3ccccc3)ncc2c1. The number of fused-ring (bicyclic) bond motifs is 1. The Morgan fingerprint density at radius 1 is 1.17 bits per heavy atom. The number of hydrogen-bond donors (Lipinski definition) is 2. The van der Waals surface area contributed by atoms with Gasteiger partial charge in [-0.2, -0.15) is 0 Å². The maximum atomic E-state index is 6.07. The third-order valence-corrected chi connectivity index (χ3v) is 3.86. The van der Waals surface area contributed by atoms with Gasteiger partial charge in [0.25, 0.3) is 0 Å². The second-order valence-electron chi connectivity index (χ2n) is 5.78. The van der Waals surface area contributed by atoms with Crippen LogP contribution < -0.4 is 15.4 Å². The molecule has 116 valence electrons. The third kappa shape index (κ3) is 2.96. The number of nitrogens with one attached hydrogen (secondary N) is 2. The Bertz CT molecular complexity index is 831. The van der Waals surface area contributed by atoms with Crippen molar-refractivity contribution >= 4 is 22.5 Å². The second kappa shape index (κ2) is 5.85. The monoisotopic (exact) mass is 306 g/mol. The largest absolute Gasteiger partial charge is 0.485 e. The van der Waals surface area contributed by atoms with E-state index in [4.69, 9.17) is 4.74 Å². The molecule has 0 bridgehead atoms. The zero-order valence-electron chi connectivity index (χ0n) is 12.9. The first kappa shape index (κ1) is 14.0. The Morgan fingerprint density at radius 2 is 2.00 bits per heavy atom. The molecular formula is C18H18N4O. The molecule has 1 saturated heterocycles. The van der Waals surface area contributed by atoms with E-state index in [1.54, 1.807) is 0 Å². The van der Waals surface area contributed by atoms with E-state index in [2.05, 4.69) is 33.6 Å². The normalized spacial score (nSPS) is 14.5. The van der Waals surface area contributed by atoms with Crippen molar-refractivity contribution in [2.45, 2.75) is 13.0 Å². The summed E-state index contributed by atoms with van der Waals surface area (Å²) in [6, 6.07) is 14.0. The van der Waals surface area contributed by atoms with E-state index in [-0.39, 0.29) is 6.10 Å². The molecule has 2 aromatic carbocycles. The van der Waals surface area contributed by atoms with Crippen molar-refractivity contribution in [3.05, 3.63) is 54.2 Å². The van der Waals surface area contributed by atoms with Gasteiger partial charge >= 0.3 is 0 Å². The maximum absolute atomic E-state index is 6.07. The van der Waals surface area contributed by atoms with Crippen LogP contribution in [0.1, 0.15) is 5.56 Å². The molecule has 3 aromatic rings. The highest BCUT2D eigenvalue weighted by molar-refractivity contribution is 5.85. The molecule has 2 N–H and O–H groups in total. The van der Waals surface area contributed by atoms with Crippen molar-refractivity contribution in [1.82, 2.24) is 15.3 Å². The molecule has 5 nitrogen and oxygen atoms in total. The predicted octanol–water partition coefficient (Wildman–Crippen LogP) is 3.03. The number of benzene rings is 2. The van der Waals surface area contributed by atoms with Gasteiger partial charge in [0.2, 0.25) is 5.95 Å². The Hall–Kier alpha value is -2.66.